The molecule has 0 bridgehead atoms. The second-order valence-electron chi connectivity index (χ2n) is 27.0. The summed E-state index contributed by atoms with van der Waals surface area (Å²) in [6.07, 6.45) is 0. The van der Waals surface area contributed by atoms with Gasteiger partial charge in [0.25, 0.3) is 6.71 Å². The lowest BCUT2D eigenvalue weighted by atomic mass is 9.36. The Hall–Kier alpha value is -8.16. The van der Waals surface area contributed by atoms with E-state index in [1.165, 1.54) is 124 Å². The minimum absolute atomic E-state index is 0.00382. The SMILES string of the molecule is CC(C)(C)c1ccc(N(c2ccc(C(C)(C)C)cc2)c2ccc3c(c2)N(c2cccc4sc5ccccc5c24)c2cc(-c4ccccc4)cc4c2B3c2sc3cc5c(cc3c2N4c2ccc(C(C)(C)C)cc2)-c2ccccc2C5(C)C)cc1. The summed E-state index contributed by atoms with van der Waals surface area (Å²) >= 11 is 3.88. The summed E-state index contributed by atoms with van der Waals surface area (Å²) in [4.78, 5) is 7.80. The van der Waals surface area contributed by atoms with Gasteiger partial charge in [0, 0.05) is 80.3 Å². The van der Waals surface area contributed by atoms with Gasteiger partial charge in [-0.05, 0) is 168 Å². The molecule has 0 amide bonds. The van der Waals surface area contributed by atoms with E-state index in [0.29, 0.717) is 0 Å². The standard InChI is InChI=1S/C77H68BN3S2/c1-74(2,3)49-28-34-52(35-29-49)79(53-36-30-50(31-37-53)75(4,5)6)55-40-41-62-64(44-55)81(63-25-19-27-68-70(63)57-23-16-18-26-67(57)82-68)66-43-48(47-20-13-12-14-21-47)42-65-71(66)78(62)73-72(80(65)54-38-32-51(33-39-54)76(7,8)9)59-45-58-56-22-15-17-24-60(56)77(10,11)61(58)46-69(59)83-73/h12-46H,1-11H3. The van der Waals surface area contributed by atoms with E-state index in [9.17, 15) is 0 Å². The van der Waals surface area contributed by atoms with Crippen molar-refractivity contribution in [1.29, 1.82) is 0 Å². The number of fused-ring (bicyclic) bond motifs is 12. The summed E-state index contributed by atoms with van der Waals surface area (Å²) < 4.78 is 5.26. The highest BCUT2D eigenvalue weighted by atomic mass is 32.1. The van der Waals surface area contributed by atoms with Gasteiger partial charge in [-0.25, -0.2) is 0 Å². The van der Waals surface area contributed by atoms with Crippen LogP contribution < -0.4 is 30.4 Å². The van der Waals surface area contributed by atoms with E-state index in [2.05, 4.69) is 303 Å². The molecule has 0 saturated carbocycles. The van der Waals surface area contributed by atoms with E-state index < -0.39 is 0 Å². The quantitative estimate of drug-likeness (QED) is 0.154. The molecule has 3 aliphatic rings. The van der Waals surface area contributed by atoms with Gasteiger partial charge in [-0.15, -0.1) is 22.7 Å². The lowest BCUT2D eigenvalue weighted by Gasteiger charge is -2.44. The normalized spacial score (nSPS) is 14.2. The van der Waals surface area contributed by atoms with Crippen LogP contribution >= 0.6 is 22.7 Å². The molecule has 12 aromatic rings. The highest BCUT2D eigenvalue weighted by Crippen LogP contribution is 2.56. The Morgan fingerprint density at radius 2 is 0.988 bits per heavy atom. The fraction of sp³-hybridized carbons (Fsp3) is 0.195. The number of thiophene rings is 2. The van der Waals surface area contributed by atoms with Crippen LogP contribution in [0.3, 0.4) is 0 Å². The fourth-order valence-electron chi connectivity index (χ4n) is 13.8. The van der Waals surface area contributed by atoms with Gasteiger partial charge in [0.15, 0.2) is 0 Å². The van der Waals surface area contributed by atoms with Crippen molar-refractivity contribution in [3.63, 3.8) is 0 Å². The number of benzene rings is 10. The highest BCUT2D eigenvalue weighted by molar-refractivity contribution is 7.33. The van der Waals surface area contributed by atoms with Crippen LogP contribution in [-0.2, 0) is 21.7 Å². The van der Waals surface area contributed by atoms with E-state index in [4.69, 9.17) is 0 Å². The van der Waals surface area contributed by atoms with Gasteiger partial charge in [-0.1, -0.05) is 197 Å². The van der Waals surface area contributed by atoms with Crippen molar-refractivity contribution >= 4 is 127 Å². The average Bonchev–Trinajstić information content (AvgIpc) is 1.91. The number of anilines is 9. The van der Waals surface area contributed by atoms with Crippen molar-refractivity contribution in [3.05, 3.63) is 240 Å². The topological polar surface area (TPSA) is 9.72 Å². The van der Waals surface area contributed by atoms with E-state index in [0.717, 1.165) is 22.7 Å². The van der Waals surface area contributed by atoms with Crippen molar-refractivity contribution in [2.24, 2.45) is 0 Å². The molecule has 6 heteroatoms. The zero-order chi connectivity index (χ0) is 57.1. The van der Waals surface area contributed by atoms with Crippen molar-refractivity contribution in [2.75, 3.05) is 14.7 Å². The van der Waals surface area contributed by atoms with E-state index in [-0.39, 0.29) is 28.4 Å². The van der Waals surface area contributed by atoms with Gasteiger partial charge in [-0.2, -0.15) is 0 Å². The number of rotatable bonds is 6. The first kappa shape index (κ1) is 51.7. The summed E-state index contributed by atoms with van der Waals surface area (Å²) in [6, 6.07) is 81.8. The first-order valence-corrected chi connectivity index (χ1v) is 31.1. The molecule has 10 aromatic carbocycles. The molecule has 2 aromatic heterocycles. The Morgan fingerprint density at radius 3 is 1.65 bits per heavy atom. The van der Waals surface area contributed by atoms with Crippen LogP contribution in [-0.4, -0.2) is 6.71 Å². The lowest BCUT2D eigenvalue weighted by molar-refractivity contribution is 0.590. The summed E-state index contributed by atoms with van der Waals surface area (Å²) in [5, 5.41) is 3.85. The first-order valence-electron chi connectivity index (χ1n) is 29.5. The largest absolute Gasteiger partial charge is 0.311 e. The molecule has 0 radical (unpaired) electrons. The molecule has 0 N–H and O–H groups in total. The minimum Gasteiger partial charge on any atom is -0.311 e. The zero-order valence-corrected chi connectivity index (χ0v) is 51.1. The Kier molecular flexibility index (Phi) is 11.5. The van der Waals surface area contributed by atoms with E-state index >= 15 is 0 Å². The van der Waals surface area contributed by atoms with E-state index in [1.807, 2.05) is 22.7 Å². The van der Waals surface area contributed by atoms with Crippen LogP contribution in [0.25, 0.3) is 52.5 Å². The molecule has 0 atom stereocenters. The Labute approximate surface area is 498 Å². The van der Waals surface area contributed by atoms with Crippen LogP contribution in [0.2, 0.25) is 0 Å². The molecule has 2 aliphatic heterocycles. The minimum atomic E-state index is -0.138. The van der Waals surface area contributed by atoms with Crippen molar-refractivity contribution in [1.82, 2.24) is 0 Å². The van der Waals surface area contributed by atoms with Crippen molar-refractivity contribution in [2.45, 2.75) is 97.8 Å². The Balaban J connectivity index is 1.06. The molecule has 0 unspecified atom stereocenters. The number of hydrogen-bond donors (Lipinski definition) is 0. The predicted octanol–water partition coefficient (Wildman–Crippen LogP) is 20.7. The zero-order valence-electron chi connectivity index (χ0n) is 49.4. The summed E-state index contributed by atoms with van der Waals surface area (Å²) in [7, 11) is 0. The molecule has 406 valence electrons. The van der Waals surface area contributed by atoms with Gasteiger partial charge in [-0.3, -0.25) is 0 Å². The lowest BCUT2D eigenvalue weighted by Crippen LogP contribution is -2.60. The third-order valence-corrected chi connectivity index (χ3v) is 20.7. The molecular formula is C77H68BN3S2. The highest BCUT2D eigenvalue weighted by Gasteiger charge is 2.47. The first-order chi connectivity index (χ1) is 39.8. The third kappa shape index (κ3) is 8.11. The maximum Gasteiger partial charge on any atom is 0.264 e. The third-order valence-electron chi connectivity index (χ3n) is 18.3. The second kappa shape index (κ2) is 18.4. The molecule has 4 heterocycles. The van der Waals surface area contributed by atoms with Gasteiger partial charge >= 0.3 is 0 Å². The molecule has 3 nitrogen and oxygen atoms in total. The van der Waals surface area contributed by atoms with Crippen LogP contribution in [0, 0.1) is 0 Å². The van der Waals surface area contributed by atoms with Crippen LogP contribution in [0.5, 0.6) is 0 Å². The molecule has 83 heavy (non-hydrogen) atoms. The van der Waals surface area contributed by atoms with Crippen molar-refractivity contribution < 1.29 is 0 Å². The second-order valence-corrected chi connectivity index (χ2v) is 29.2. The number of nitrogens with zero attached hydrogens (tertiary/aromatic N) is 3. The average molecular weight is 1110 g/mol. The molecular weight excluding hydrogens is 1040 g/mol. The Bertz CT molecular complexity index is 4530. The van der Waals surface area contributed by atoms with Crippen molar-refractivity contribution in [3.8, 4) is 22.3 Å². The molecule has 1 aliphatic carbocycles. The fourth-order valence-corrected chi connectivity index (χ4v) is 16.3. The van der Waals surface area contributed by atoms with Crippen LogP contribution in [0.15, 0.2) is 212 Å². The van der Waals surface area contributed by atoms with Gasteiger partial charge in [0.2, 0.25) is 0 Å². The van der Waals surface area contributed by atoms with Crippen LogP contribution in [0.4, 0.5) is 51.2 Å². The van der Waals surface area contributed by atoms with Gasteiger partial charge in [0.1, 0.15) is 0 Å². The molecule has 0 saturated heterocycles. The summed E-state index contributed by atoms with van der Waals surface area (Å²) in [6.45, 7) is 25.5. The number of hydrogen-bond acceptors (Lipinski definition) is 5. The van der Waals surface area contributed by atoms with Gasteiger partial charge < -0.3 is 14.7 Å². The smallest absolute Gasteiger partial charge is 0.264 e. The predicted molar refractivity (Wildman–Crippen MR) is 363 cm³/mol. The van der Waals surface area contributed by atoms with E-state index in [1.54, 1.807) is 0 Å². The maximum absolute atomic E-state index is 2.67. The monoisotopic (exact) mass is 1110 g/mol. The summed E-state index contributed by atoms with van der Waals surface area (Å²) in [5.41, 5.74) is 24.9. The molecule has 0 spiro atoms. The van der Waals surface area contributed by atoms with Gasteiger partial charge in [0.05, 0.1) is 11.4 Å². The Morgan fingerprint density at radius 1 is 0.410 bits per heavy atom. The molecule has 0 fully saturated rings. The molecule has 15 rings (SSSR count). The summed E-state index contributed by atoms with van der Waals surface area (Å²) in [5.74, 6) is 0. The van der Waals surface area contributed by atoms with Crippen LogP contribution in [0.1, 0.15) is 104 Å². The maximum atomic E-state index is 2.67.